The fourth-order valence-corrected chi connectivity index (χ4v) is 1.93. The summed E-state index contributed by atoms with van der Waals surface area (Å²) in [7, 11) is 0. The van der Waals surface area contributed by atoms with E-state index in [0.29, 0.717) is 20.9 Å². The van der Waals surface area contributed by atoms with Crippen molar-refractivity contribution in [1.82, 2.24) is 19.6 Å². The van der Waals surface area contributed by atoms with Crippen molar-refractivity contribution in [3.63, 3.8) is 0 Å². The van der Waals surface area contributed by atoms with Crippen molar-refractivity contribution in [2.45, 2.75) is 0 Å². The SMILES string of the molecule is S=c1cc[nH]c(C#Cc2cnc3cccnn23)c1Cl. The maximum absolute atomic E-state index is 6.08. The number of hydrogen-bond donors (Lipinski definition) is 1. The Hall–Kier alpha value is -2.16. The largest absolute Gasteiger partial charge is 0.354 e. The van der Waals surface area contributed by atoms with Gasteiger partial charge >= 0.3 is 0 Å². The third-order valence-corrected chi connectivity index (χ3v) is 3.34. The van der Waals surface area contributed by atoms with Gasteiger partial charge in [-0.3, -0.25) is 0 Å². The molecule has 0 aromatic carbocycles. The Morgan fingerprint density at radius 2 is 2.21 bits per heavy atom. The van der Waals surface area contributed by atoms with Crippen LogP contribution < -0.4 is 0 Å². The predicted octanol–water partition coefficient (Wildman–Crippen LogP) is 2.84. The van der Waals surface area contributed by atoms with Crippen LogP contribution in [-0.4, -0.2) is 19.6 Å². The standard InChI is InChI=1S/C13H7ClN4S/c14-13-10(15-7-5-11(13)19)4-3-9-8-16-12-2-1-6-17-18(9)12/h1-2,5-8H,(H,15,19). The van der Waals surface area contributed by atoms with E-state index in [1.165, 1.54) is 0 Å². The van der Waals surface area contributed by atoms with Crippen LogP contribution in [0.4, 0.5) is 0 Å². The number of aromatic amines is 1. The summed E-state index contributed by atoms with van der Waals surface area (Å²) in [6, 6.07) is 5.41. The number of hydrogen-bond acceptors (Lipinski definition) is 3. The highest BCUT2D eigenvalue weighted by Gasteiger charge is 2.01. The molecule has 3 aromatic heterocycles. The van der Waals surface area contributed by atoms with E-state index in [0.717, 1.165) is 5.65 Å². The van der Waals surface area contributed by atoms with Gasteiger partial charge in [0.05, 0.1) is 15.7 Å². The summed E-state index contributed by atoms with van der Waals surface area (Å²) in [5, 5.41) is 4.63. The Labute approximate surface area is 119 Å². The van der Waals surface area contributed by atoms with E-state index in [2.05, 4.69) is 26.9 Å². The number of H-pyrrole nitrogens is 1. The average Bonchev–Trinajstić information content (AvgIpc) is 2.84. The zero-order valence-corrected chi connectivity index (χ0v) is 11.2. The van der Waals surface area contributed by atoms with E-state index in [4.69, 9.17) is 23.8 Å². The monoisotopic (exact) mass is 286 g/mol. The van der Waals surface area contributed by atoms with Crippen molar-refractivity contribution in [3.8, 4) is 11.8 Å². The topological polar surface area (TPSA) is 46.0 Å². The highest BCUT2D eigenvalue weighted by atomic mass is 35.5. The predicted molar refractivity (Wildman–Crippen MR) is 75.6 cm³/mol. The molecule has 0 fully saturated rings. The fourth-order valence-electron chi connectivity index (χ4n) is 1.59. The number of nitrogens with zero attached hydrogens (tertiary/aromatic N) is 3. The van der Waals surface area contributed by atoms with Crippen LogP contribution in [0.1, 0.15) is 11.4 Å². The Bertz CT molecular complexity index is 869. The lowest BCUT2D eigenvalue weighted by atomic mass is 10.3. The van der Waals surface area contributed by atoms with Gasteiger partial charge in [0.15, 0.2) is 5.65 Å². The van der Waals surface area contributed by atoms with Gasteiger partial charge in [0.25, 0.3) is 0 Å². The van der Waals surface area contributed by atoms with E-state index in [9.17, 15) is 0 Å². The molecule has 3 rings (SSSR count). The molecule has 0 aliphatic carbocycles. The van der Waals surface area contributed by atoms with Gasteiger partial charge in [0.2, 0.25) is 0 Å². The first kappa shape index (κ1) is 11.9. The van der Waals surface area contributed by atoms with E-state index in [1.807, 2.05) is 12.1 Å². The van der Waals surface area contributed by atoms with Gasteiger partial charge in [-0.2, -0.15) is 5.10 Å². The highest BCUT2D eigenvalue weighted by molar-refractivity contribution is 7.71. The van der Waals surface area contributed by atoms with Gasteiger partial charge in [-0.25, -0.2) is 9.50 Å². The first-order valence-electron chi connectivity index (χ1n) is 5.44. The van der Waals surface area contributed by atoms with Crippen molar-refractivity contribution < 1.29 is 0 Å². The van der Waals surface area contributed by atoms with Crippen LogP contribution in [0.25, 0.3) is 5.65 Å². The normalized spacial score (nSPS) is 10.2. The van der Waals surface area contributed by atoms with E-state index < -0.39 is 0 Å². The number of fused-ring (bicyclic) bond motifs is 1. The van der Waals surface area contributed by atoms with Crippen molar-refractivity contribution >= 4 is 29.5 Å². The molecule has 1 N–H and O–H groups in total. The minimum Gasteiger partial charge on any atom is -0.354 e. The summed E-state index contributed by atoms with van der Waals surface area (Å²) in [5.41, 5.74) is 2.02. The lowest BCUT2D eigenvalue weighted by Crippen LogP contribution is -1.92. The van der Waals surface area contributed by atoms with Gasteiger partial charge in [-0.1, -0.05) is 23.8 Å². The Morgan fingerprint density at radius 1 is 1.32 bits per heavy atom. The molecule has 0 spiro atoms. The van der Waals surface area contributed by atoms with E-state index >= 15 is 0 Å². The molecular weight excluding hydrogens is 280 g/mol. The maximum atomic E-state index is 6.08. The van der Waals surface area contributed by atoms with Crippen molar-refractivity contribution in [1.29, 1.82) is 0 Å². The van der Waals surface area contributed by atoms with Crippen LogP contribution in [0.15, 0.2) is 36.8 Å². The Morgan fingerprint density at radius 3 is 3.11 bits per heavy atom. The van der Waals surface area contributed by atoms with Gasteiger partial charge in [-0.15, -0.1) is 0 Å². The number of rotatable bonds is 0. The fraction of sp³-hybridized carbons (Fsp3) is 0. The summed E-state index contributed by atoms with van der Waals surface area (Å²) < 4.78 is 2.24. The molecule has 92 valence electrons. The summed E-state index contributed by atoms with van der Waals surface area (Å²) in [4.78, 5) is 7.17. The molecule has 3 heterocycles. The molecule has 3 aromatic rings. The summed E-state index contributed by atoms with van der Waals surface area (Å²) in [6.07, 6.45) is 5.06. The number of imidazole rings is 1. The lowest BCUT2D eigenvalue weighted by Gasteiger charge is -1.95. The summed E-state index contributed by atoms with van der Waals surface area (Å²) >= 11 is 11.2. The molecule has 0 aliphatic heterocycles. The van der Waals surface area contributed by atoms with Crippen LogP contribution in [-0.2, 0) is 0 Å². The molecule has 4 nitrogen and oxygen atoms in total. The van der Waals surface area contributed by atoms with E-state index in [-0.39, 0.29) is 0 Å². The molecule has 0 saturated carbocycles. The number of pyridine rings is 1. The second kappa shape index (κ2) is 4.84. The highest BCUT2D eigenvalue weighted by Crippen LogP contribution is 2.13. The minimum atomic E-state index is 0.451. The number of aromatic nitrogens is 4. The van der Waals surface area contributed by atoms with Gasteiger partial charge < -0.3 is 4.98 Å². The Balaban J connectivity index is 2.09. The van der Waals surface area contributed by atoms with E-state index in [1.54, 1.807) is 29.2 Å². The molecule has 0 bridgehead atoms. The Kier molecular flexibility index (Phi) is 3.03. The van der Waals surface area contributed by atoms with Crippen LogP contribution in [0.3, 0.4) is 0 Å². The van der Waals surface area contributed by atoms with Crippen LogP contribution in [0, 0.1) is 16.4 Å². The minimum absolute atomic E-state index is 0.451. The first-order chi connectivity index (χ1) is 9.25. The van der Waals surface area contributed by atoms with Crippen molar-refractivity contribution in [2.24, 2.45) is 0 Å². The lowest BCUT2D eigenvalue weighted by molar-refractivity contribution is 0.923. The number of nitrogens with one attached hydrogen (secondary N) is 1. The third kappa shape index (κ3) is 2.24. The molecule has 0 unspecified atom stereocenters. The number of halogens is 1. The van der Waals surface area contributed by atoms with Gasteiger partial charge in [0.1, 0.15) is 11.4 Å². The van der Waals surface area contributed by atoms with Crippen molar-refractivity contribution in [3.05, 3.63) is 57.7 Å². The van der Waals surface area contributed by atoms with Gasteiger partial charge in [-0.05, 0) is 30.0 Å². The molecular formula is C13H7ClN4S. The first-order valence-corrected chi connectivity index (χ1v) is 6.22. The molecule has 0 atom stereocenters. The smallest absolute Gasteiger partial charge is 0.154 e. The molecule has 0 amide bonds. The third-order valence-electron chi connectivity index (χ3n) is 2.49. The van der Waals surface area contributed by atoms with Crippen LogP contribution in [0.5, 0.6) is 0 Å². The summed E-state index contributed by atoms with van der Waals surface area (Å²) in [6.45, 7) is 0. The molecule has 0 aliphatic rings. The average molecular weight is 287 g/mol. The molecule has 19 heavy (non-hydrogen) atoms. The molecule has 0 radical (unpaired) electrons. The quantitative estimate of drug-likeness (QED) is 0.511. The van der Waals surface area contributed by atoms with Crippen LogP contribution in [0.2, 0.25) is 5.02 Å². The van der Waals surface area contributed by atoms with Crippen molar-refractivity contribution in [2.75, 3.05) is 0 Å². The zero-order chi connectivity index (χ0) is 13.2. The van der Waals surface area contributed by atoms with Crippen LogP contribution >= 0.6 is 23.8 Å². The van der Waals surface area contributed by atoms with Gasteiger partial charge in [0, 0.05) is 12.4 Å². The second-order valence-electron chi connectivity index (χ2n) is 3.72. The maximum Gasteiger partial charge on any atom is 0.154 e. The second-order valence-corrected chi connectivity index (χ2v) is 4.54. The zero-order valence-electron chi connectivity index (χ0n) is 9.59. The summed E-state index contributed by atoms with van der Waals surface area (Å²) in [5.74, 6) is 5.92. The molecule has 0 saturated heterocycles. The molecule has 6 heteroatoms.